The van der Waals surface area contributed by atoms with Crippen molar-refractivity contribution in [3.8, 4) is 5.75 Å². The van der Waals surface area contributed by atoms with Crippen molar-refractivity contribution in [1.29, 1.82) is 0 Å². The van der Waals surface area contributed by atoms with Gasteiger partial charge >= 0.3 is 5.97 Å². The highest BCUT2D eigenvalue weighted by atomic mass is 32.2. The molecular weight excluding hydrogens is 492 g/mol. The first kappa shape index (κ1) is 28.7. The average Bonchev–Trinajstić information content (AvgIpc) is 2.82. The second kappa shape index (κ2) is 10.8. The molecule has 3 rings (SSSR count). The Bertz CT molecular complexity index is 1240. The van der Waals surface area contributed by atoms with Crippen LogP contribution in [0.4, 0.5) is 0 Å². The Kier molecular flexibility index (Phi) is 8.39. The Morgan fingerprint density at radius 1 is 1.08 bits per heavy atom. The predicted molar refractivity (Wildman–Crippen MR) is 143 cm³/mol. The van der Waals surface area contributed by atoms with Crippen LogP contribution in [0.1, 0.15) is 62.5 Å². The van der Waals surface area contributed by atoms with E-state index in [2.05, 4.69) is 0 Å². The molecule has 0 aliphatic carbocycles. The number of rotatable bonds is 8. The quantitative estimate of drug-likeness (QED) is 0.550. The van der Waals surface area contributed by atoms with Crippen molar-refractivity contribution in [3.05, 3.63) is 65.2 Å². The van der Waals surface area contributed by atoms with E-state index < -0.39 is 27.4 Å². The van der Waals surface area contributed by atoms with Crippen LogP contribution in [0.3, 0.4) is 0 Å². The molecule has 1 amide bonds. The Labute approximate surface area is 220 Å². The van der Waals surface area contributed by atoms with Crippen molar-refractivity contribution in [2.45, 2.75) is 57.7 Å². The lowest BCUT2D eigenvalue weighted by Crippen LogP contribution is -2.68. The monoisotopic (exact) mass is 530 g/mol. The van der Waals surface area contributed by atoms with E-state index in [0.29, 0.717) is 16.9 Å². The zero-order chi connectivity index (χ0) is 27.6. The molecule has 9 heteroatoms. The average molecular weight is 531 g/mol. The zero-order valence-corrected chi connectivity index (χ0v) is 23.3. The molecule has 37 heavy (non-hydrogen) atoms. The standard InChI is InChI=1S/C28H38N2O6S/c1-20(2)17-28(26(32)33)19-29(37(34,35)18-21-10-8-7-9-11-21)14-15-30(28)25(31)22-12-13-23(27(3,4)5)24(16-22)36-6/h7-13,16,20H,14-15,17-19H2,1-6H3,(H,32,33). The maximum absolute atomic E-state index is 13.8. The number of sulfonamides is 1. The van der Waals surface area contributed by atoms with Crippen molar-refractivity contribution < 1.29 is 27.9 Å². The van der Waals surface area contributed by atoms with Crippen LogP contribution < -0.4 is 4.74 Å². The van der Waals surface area contributed by atoms with Gasteiger partial charge in [0.15, 0.2) is 5.54 Å². The number of ether oxygens (including phenoxy) is 1. The summed E-state index contributed by atoms with van der Waals surface area (Å²) in [5.41, 5.74) is -0.0659. The van der Waals surface area contributed by atoms with Gasteiger partial charge in [0.1, 0.15) is 5.75 Å². The number of carbonyl (C=O) groups excluding carboxylic acids is 1. The van der Waals surface area contributed by atoms with Gasteiger partial charge in [-0.15, -0.1) is 0 Å². The summed E-state index contributed by atoms with van der Waals surface area (Å²) in [7, 11) is -2.27. The highest BCUT2D eigenvalue weighted by molar-refractivity contribution is 7.88. The van der Waals surface area contributed by atoms with E-state index in [1.807, 2.05) is 46.8 Å². The molecule has 1 unspecified atom stereocenters. The van der Waals surface area contributed by atoms with E-state index in [0.717, 1.165) is 5.56 Å². The maximum atomic E-state index is 13.8. The summed E-state index contributed by atoms with van der Waals surface area (Å²) >= 11 is 0. The molecule has 0 saturated carbocycles. The summed E-state index contributed by atoms with van der Waals surface area (Å²) in [5, 5.41) is 10.5. The Morgan fingerprint density at radius 3 is 2.27 bits per heavy atom. The third-order valence-corrected chi connectivity index (χ3v) is 8.56. The summed E-state index contributed by atoms with van der Waals surface area (Å²) in [6.07, 6.45) is 0.114. The number of carbonyl (C=O) groups is 2. The fourth-order valence-electron chi connectivity index (χ4n) is 5.01. The zero-order valence-electron chi connectivity index (χ0n) is 22.5. The highest BCUT2D eigenvalue weighted by Crippen LogP contribution is 2.35. The molecule has 0 bridgehead atoms. The number of carboxylic acid groups (broad SMARTS) is 1. The molecule has 1 heterocycles. The lowest BCUT2D eigenvalue weighted by atomic mass is 9.84. The minimum atomic E-state index is -3.81. The Hall–Kier alpha value is -2.91. The normalized spacial score (nSPS) is 19.2. The van der Waals surface area contributed by atoms with Crippen LogP contribution in [-0.2, 0) is 26.0 Å². The number of piperazine rings is 1. The molecule has 0 spiro atoms. The number of aliphatic carboxylic acids is 1. The number of amides is 1. The van der Waals surface area contributed by atoms with Gasteiger partial charge in [-0.3, -0.25) is 4.79 Å². The fourth-order valence-corrected chi connectivity index (χ4v) is 6.58. The fraction of sp³-hybridized carbons (Fsp3) is 0.500. The van der Waals surface area contributed by atoms with Gasteiger partial charge in [0, 0.05) is 25.2 Å². The van der Waals surface area contributed by atoms with E-state index in [1.54, 1.807) is 36.4 Å². The molecule has 1 aliphatic rings. The summed E-state index contributed by atoms with van der Waals surface area (Å²) < 4.78 is 33.4. The van der Waals surface area contributed by atoms with E-state index in [9.17, 15) is 23.1 Å². The van der Waals surface area contributed by atoms with E-state index in [-0.39, 0.29) is 43.1 Å². The maximum Gasteiger partial charge on any atom is 0.331 e. The molecular formula is C28H38N2O6S. The molecule has 1 saturated heterocycles. The first-order valence-corrected chi connectivity index (χ1v) is 14.1. The van der Waals surface area contributed by atoms with Gasteiger partial charge < -0.3 is 14.7 Å². The van der Waals surface area contributed by atoms with Gasteiger partial charge in [0.25, 0.3) is 5.91 Å². The van der Waals surface area contributed by atoms with Gasteiger partial charge in [-0.25, -0.2) is 13.2 Å². The second-order valence-corrected chi connectivity index (χ2v) is 13.1. The minimum Gasteiger partial charge on any atom is -0.496 e. The third kappa shape index (κ3) is 6.15. The number of methoxy groups -OCH3 is 1. The Balaban J connectivity index is 2.00. The number of nitrogens with zero attached hydrogens (tertiary/aromatic N) is 2. The lowest BCUT2D eigenvalue weighted by Gasteiger charge is -2.48. The molecule has 202 valence electrons. The molecule has 2 aromatic carbocycles. The van der Waals surface area contributed by atoms with Crippen molar-refractivity contribution in [2.24, 2.45) is 5.92 Å². The predicted octanol–water partition coefficient (Wildman–Crippen LogP) is 4.15. The lowest BCUT2D eigenvalue weighted by molar-refractivity contribution is -0.153. The topological polar surface area (TPSA) is 104 Å². The van der Waals surface area contributed by atoms with Crippen LogP contribution in [-0.4, -0.2) is 66.9 Å². The van der Waals surface area contributed by atoms with Gasteiger partial charge in [-0.05, 0) is 41.0 Å². The molecule has 8 nitrogen and oxygen atoms in total. The minimum absolute atomic E-state index is 0.0191. The van der Waals surface area contributed by atoms with Crippen LogP contribution in [0.2, 0.25) is 0 Å². The van der Waals surface area contributed by atoms with Crippen LogP contribution in [0, 0.1) is 5.92 Å². The Morgan fingerprint density at radius 2 is 1.73 bits per heavy atom. The van der Waals surface area contributed by atoms with E-state index in [4.69, 9.17) is 4.74 Å². The number of hydrogen-bond acceptors (Lipinski definition) is 5. The summed E-state index contributed by atoms with van der Waals surface area (Å²) in [4.78, 5) is 28.0. The van der Waals surface area contributed by atoms with Crippen molar-refractivity contribution in [1.82, 2.24) is 9.21 Å². The van der Waals surface area contributed by atoms with Gasteiger partial charge in [0.2, 0.25) is 10.0 Å². The van der Waals surface area contributed by atoms with Gasteiger partial charge in [0.05, 0.1) is 12.9 Å². The molecule has 1 aliphatic heterocycles. The van der Waals surface area contributed by atoms with E-state index >= 15 is 0 Å². The molecule has 1 fully saturated rings. The largest absolute Gasteiger partial charge is 0.496 e. The number of carboxylic acids is 1. The molecule has 0 radical (unpaired) electrons. The molecule has 1 atom stereocenters. The van der Waals surface area contributed by atoms with Crippen molar-refractivity contribution >= 4 is 21.9 Å². The van der Waals surface area contributed by atoms with Crippen molar-refractivity contribution in [2.75, 3.05) is 26.7 Å². The molecule has 0 aromatic heterocycles. The number of hydrogen-bond donors (Lipinski definition) is 1. The van der Waals surface area contributed by atoms with Crippen LogP contribution in [0.25, 0.3) is 0 Å². The van der Waals surface area contributed by atoms with E-state index in [1.165, 1.54) is 16.3 Å². The smallest absolute Gasteiger partial charge is 0.331 e. The van der Waals surface area contributed by atoms with Crippen molar-refractivity contribution in [3.63, 3.8) is 0 Å². The van der Waals surface area contributed by atoms with Gasteiger partial charge in [-0.2, -0.15) is 4.31 Å². The third-order valence-electron chi connectivity index (χ3n) is 6.76. The second-order valence-electron chi connectivity index (χ2n) is 11.1. The first-order chi connectivity index (χ1) is 17.2. The van der Waals surface area contributed by atoms with Crippen LogP contribution in [0.5, 0.6) is 5.75 Å². The summed E-state index contributed by atoms with van der Waals surface area (Å²) in [6, 6.07) is 13.9. The molecule has 2 aromatic rings. The van der Waals surface area contributed by atoms with Crippen LogP contribution >= 0.6 is 0 Å². The summed E-state index contributed by atoms with van der Waals surface area (Å²) in [6.45, 7) is 9.54. The highest BCUT2D eigenvalue weighted by Gasteiger charge is 2.52. The van der Waals surface area contributed by atoms with Crippen LogP contribution in [0.15, 0.2) is 48.5 Å². The number of benzene rings is 2. The van der Waals surface area contributed by atoms with Gasteiger partial charge in [-0.1, -0.05) is 71.0 Å². The summed E-state index contributed by atoms with van der Waals surface area (Å²) in [5.74, 6) is -1.45. The first-order valence-electron chi connectivity index (χ1n) is 12.5. The molecule has 1 N–H and O–H groups in total. The SMILES string of the molecule is COc1cc(C(=O)N2CCN(S(=O)(=O)Cc3ccccc3)CC2(CC(C)C)C(=O)O)ccc1C(C)(C)C.